The molecule has 1 fully saturated rings. The third kappa shape index (κ3) is 2.02. The fourth-order valence-corrected chi connectivity index (χ4v) is 2.94. The first-order chi connectivity index (χ1) is 10.1. The van der Waals surface area contributed by atoms with Gasteiger partial charge in [-0.1, -0.05) is 24.3 Å². The summed E-state index contributed by atoms with van der Waals surface area (Å²) in [7, 11) is 0. The van der Waals surface area contributed by atoms with Crippen molar-refractivity contribution in [1.82, 2.24) is 5.32 Å². The topological polar surface area (TPSA) is 56.1 Å². The van der Waals surface area contributed by atoms with E-state index in [0.717, 1.165) is 23.0 Å². The molecule has 0 saturated carbocycles. The summed E-state index contributed by atoms with van der Waals surface area (Å²) in [5.74, 6) is 0.0298. The van der Waals surface area contributed by atoms with Crippen LogP contribution in [-0.2, 0) is 4.79 Å². The van der Waals surface area contributed by atoms with Crippen molar-refractivity contribution in [3.63, 3.8) is 0 Å². The maximum Gasteiger partial charge on any atom is 0.245 e. The Bertz CT molecular complexity index is 758. The molecule has 4 heteroatoms. The summed E-state index contributed by atoms with van der Waals surface area (Å²) in [4.78, 5) is 14.3. The molecule has 1 aliphatic rings. The molecule has 0 aliphatic carbocycles. The van der Waals surface area contributed by atoms with E-state index in [9.17, 15) is 10.1 Å². The molecule has 1 saturated heterocycles. The summed E-state index contributed by atoms with van der Waals surface area (Å²) in [6, 6.07) is 13.9. The van der Waals surface area contributed by atoms with E-state index in [4.69, 9.17) is 0 Å². The lowest BCUT2D eigenvalue weighted by Crippen LogP contribution is -2.62. The number of benzene rings is 2. The first-order valence-electron chi connectivity index (χ1n) is 7.03. The van der Waals surface area contributed by atoms with E-state index in [1.165, 1.54) is 0 Å². The Morgan fingerprint density at radius 1 is 1.19 bits per heavy atom. The number of anilines is 1. The Morgan fingerprint density at radius 2 is 1.90 bits per heavy atom. The molecule has 1 amide bonds. The van der Waals surface area contributed by atoms with Crippen LogP contribution in [0.3, 0.4) is 0 Å². The molecule has 0 aromatic heterocycles. The zero-order chi connectivity index (χ0) is 15.0. The highest BCUT2D eigenvalue weighted by molar-refractivity contribution is 6.00. The largest absolute Gasteiger partial charge is 0.355 e. The normalized spacial score (nSPS) is 17.4. The van der Waals surface area contributed by atoms with Crippen LogP contribution < -0.4 is 10.2 Å². The number of piperazine rings is 1. The summed E-state index contributed by atoms with van der Waals surface area (Å²) < 4.78 is 0. The van der Waals surface area contributed by atoms with Gasteiger partial charge in [-0.25, -0.2) is 0 Å². The molecule has 2 aromatic rings. The van der Waals surface area contributed by atoms with Crippen molar-refractivity contribution in [2.24, 2.45) is 0 Å². The minimum absolute atomic E-state index is 0.0298. The fraction of sp³-hybridized carbons (Fsp3) is 0.294. The van der Waals surface area contributed by atoms with Gasteiger partial charge in [0.05, 0.1) is 11.6 Å². The van der Waals surface area contributed by atoms with Gasteiger partial charge < -0.3 is 10.2 Å². The number of nitriles is 1. The van der Waals surface area contributed by atoms with Gasteiger partial charge in [-0.2, -0.15) is 5.26 Å². The van der Waals surface area contributed by atoms with Gasteiger partial charge in [-0.15, -0.1) is 0 Å². The molecule has 3 rings (SSSR count). The van der Waals surface area contributed by atoms with Crippen LogP contribution in [0.1, 0.15) is 19.4 Å². The maximum atomic E-state index is 12.2. The van der Waals surface area contributed by atoms with Gasteiger partial charge in [-0.3, -0.25) is 4.79 Å². The Morgan fingerprint density at radius 3 is 2.62 bits per heavy atom. The lowest BCUT2D eigenvalue weighted by Gasteiger charge is -2.43. The van der Waals surface area contributed by atoms with Gasteiger partial charge in [0, 0.05) is 29.5 Å². The molecule has 0 atom stereocenters. The summed E-state index contributed by atoms with van der Waals surface area (Å²) in [5.41, 5.74) is 1.06. The zero-order valence-corrected chi connectivity index (χ0v) is 12.2. The molecule has 1 N–H and O–H groups in total. The van der Waals surface area contributed by atoms with Crippen molar-refractivity contribution in [3.8, 4) is 6.07 Å². The second-order valence-electron chi connectivity index (χ2n) is 5.76. The fourth-order valence-electron chi connectivity index (χ4n) is 2.94. The third-order valence-corrected chi connectivity index (χ3v) is 4.16. The minimum atomic E-state index is -0.602. The predicted molar refractivity (Wildman–Crippen MR) is 83.1 cm³/mol. The lowest BCUT2D eigenvalue weighted by atomic mass is 9.95. The number of amides is 1. The molecule has 21 heavy (non-hydrogen) atoms. The Balaban J connectivity index is 2.22. The van der Waals surface area contributed by atoms with Crippen LogP contribution in [0.2, 0.25) is 0 Å². The van der Waals surface area contributed by atoms with Crippen molar-refractivity contribution >= 4 is 22.4 Å². The lowest BCUT2D eigenvalue weighted by molar-refractivity contribution is -0.126. The summed E-state index contributed by atoms with van der Waals surface area (Å²) in [6.07, 6.45) is 0. The molecule has 0 spiro atoms. The highest BCUT2D eigenvalue weighted by Crippen LogP contribution is 2.34. The van der Waals surface area contributed by atoms with Gasteiger partial charge >= 0.3 is 0 Å². The summed E-state index contributed by atoms with van der Waals surface area (Å²) in [6.45, 7) is 5.24. The van der Waals surface area contributed by atoms with Crippen LogP contribution in [0.5, 0.6) is 0 Å². The SMILES string of the molecule is CC1(C)C(=O)NCCN1c1ccc(C#N)c2ccccc12. The average Bonchev–Trinajstić information content (AvgIpc) is 2.49. The second-order valence-corrected chi connectivity index (χ2v) is 5.76. The van der Waals surface area contributed by atoms with Gasteiger partial charge in [-0.05, 0) is 26.0 Å². The molecule has 1 aliphatic heterocycles. The smallest absolute Gasteiger partial charge is 0.245 e. The number of carbonyl (C=O) groups excluding carboxylic acids is 1. The van der Waals surface area contributed by atoms with Crippen LogP contribution in [0.25, 0.3) is 10.8 Å². The quantitative estimate of drug-likeness (QED) is 0.872. The zero-order valence-electron chi connectivity index (χ0n) is 12.2. The number of carbonyl (C=O) groups is 1. The molecule has 2 aromatic carbocycles. The first-order valence-corrected chi connectivity index (χ1v) is 7.03. The monoisotopic (exact) mass is 279 g/mol. The van der Waals surface area contributed by atoms with Crippen molar-refractivity contribution in [3.05, 3.63) is 42.0 Å². The van der Waals surface area contributed by atoms with Crippen molar-refractivity contribution in [2.75, 3.05) is 18.0 Å². The molecule has 0 bridgehead atoms. The van der Waals surface area contributed by atoms with Gasteiger partial charge in [0.15, 0.2) is 0 Å². The van der Waals surface area contributed by atoms with Crippen molar-refractivity contribution < 1.29 is 4.79 Å². The maximum absolute atomic E-state index is 12.2. The molecular weight excluding hydrogens is 262 g/mol. The number of rotatable bonds is 1. The Hall–Kier alpha value is -2.54. The van der Waals surface area contributed by atoms with Crippen molar-refractivity contribution in [1.29, 1.82) is 5.26 Å². The second kappa shape index (κ2) is 4.78. The molecule has 1 heterocycles. The molecule has 0 unspecified atom stereocenters. The molecular formula is C17H17N3O. The van der Waals surface area contributed by atoms with Gasteiger partial charge in [0.25, 0.3) is 0 Å². The van der Waals surface area contributed by atoms with Gasteiger partial charge in [0.1, 0.15) is 5.54 Å². The number of nitrogens with zero attached hydrogens (tertiary/aromatic N) is 2. The first kappa shape index (κ1) is 13.4. The van der Waals surface area contributed by atoms with E-state index < -0.39 is 5.54 Å². The minimum Gasteiger partial charge on any atom is -0.355 e. The average molecular weight is 279 g/mol. The highest BCUT2D eigenvalue weighted by Gasteiger charge is 2.38. The Kier molecular flexibility index (Phi) is 3.06. The summed E-state index contributed by atoms with van der Waals surface area (Å²) >= 11 is 0. The molecule has 106 valence electrons. The van der Waals surface area contributed by atoms with E-state index in [1.807, 2.05) is 50.2 Å². The van der Waals surface area contributed by atoms with Crippen LogP contribution in [-0.4, -0.2) is 24.5 Å². The van der Waals surface area contributed by atoms with Crippen LogP contribution >= 0.6 is 0 Å². The molecule has 4 nitrogen and oxygen atoms in total. The van der Waals surface area contributed by atoms with E-state index in [1.54, 1.807) is 0 Å². The Labute approximate surface area is 124 Å². The van der Waals surface area contributed by atoms with Crippen molar-refractivity contribution in [2.45, 2.75) is 19.4 Å². The van der Waals surface area contributed by atoms with E-state index >= 15 is 0 Å². The number of hydrogen-bond donors (Lipinski definition) is 1. The third-order valence-electron chi connectivity index (χ3n) is 4.16. The van der Waals surface area contributed by atoms with Crippen LogP contribution in [0.4, 0.5) is 5.69 Å². The number of fused-ring (bicyclic) bond motifs is 1. The standard InChI is InChI=1S/C17H17N3O/c1-17(2)16(21)19-9-10-20(17)15-8-7-12(11-18)13-5-3-4-6-14(13)15/h3-8H,9-10H2,1-2H3,(H,19,21). The van der Waals surface area contributed by atoms with Crippen LogP contribution in [0, 0.1) is 11.3 Å². The molecule has 0 radical (unpaired) electrons. The van der Waals surface area contributed by atoms with Gasteiger partial charge in [0.2, 0.25) is 5.91 Å². The highest BCUT2D eigenvalue weighted by atomic mass is 16.2. The van der Waals surface area contributed by atoms with E-state index in [2.05, 4.69) is 16.3 Å². The van der Waals surface area contributed by atoms with Crippen LogP contribution in [0.15, 0.2) is 36.4 Å². The number of hydrogen-bond acceptors (Lipinski definition) is 3. The van der Waals surface area contributed by atoms with E-state index in [-0.39, 0.29) is 5.91 Å². The van der Waals surface area contributed by atoms with E-state index in [0.29, 0.717) is 12.1 Å². The number of nitrogens with one attached hydrogen (secondary N) is 1. The predicted octanol–water partition coefficient (Wildman–Crippen LogP) is 2.43. The summed E-state index contributed by atoms with van der Waals surface area (Å²) in [5, 5.41) is 14.1.